The van der Waals surface area contributed by atoms with Crippen LogP contribution < -0.4 is 0 Å². The molecule has 3 heteroatoms. The zero-order valence-corrected chi connectivity index (χ0v) is 13.9. The Kier molecular flexibility index (Phi) is 4.88. The van der Waals surface area contributed by atoms with Gasteiger partial charge in [-0.15, -0.1) is 0 Å². The molecule has 0 aliphatic rings. The molecule has 1 unspecified atom stereocenters. The Morgan fingerprint density at radius 1 is 1.11 bits per heavy atom. The Hall–Kier alpha value is -0.310. The zero-order chi connectivity index (χ0) is 13.1. The Morgan fingerprint density at radius 2 is 1.78 bits per heavy atom. The fourth-order valence-electron chi connectivity index (χ4n) is 1.89. The number of alkyl halides is 1. The maximum atomic E-state index is 5.89. The first-order valence-corrected chi connectivity index (χ1v) is 7.79. The third kappa shape index (κ3) is 3.59. The van der Waals surface area contributed by atoms with Gasteiger partial charge in [0.1, 0.15) is 0 Å². The van der Waals surface area contributed by atoms with Gasteiger partial charge in [-0.2, -0.15) is 0 Å². The Balaban J connectivity index is 2.18. The van der Waals surface area contributed by atoms with Gasteiger partial charge in [-0.3, -0.25) is 0 Å². The van der Waals surface area contributed by atoms with Crippen molar-refractivity contribution in [2.24, 2.45) is 0 Å². The van der Waals surface area contributed by atoms with Gasteiger partial charge in [-0.05, 0) is 54.3 Å². The van der Waals surface area contributed by atoms with Crippen LogP contribution in [0.15, 0.2) is 46.9 Å². The predicted molar refractivity (Wildman–Crippen MR) is 85.7 cm³/mol. The van der Waals surface area contributed by atoms with Crippen LogP contribution in [0.5, 0.6) is 0 Å². The van der Waals surface area contributed by atoms with Crippen molar-refractivity contribution >= 4 is 43.5 Å². The third-order valence-corrected chi connectivity index (χ3v) is 4.47. The maximum Gasteiger partial charge on any atom is 0.0438 e. The molecule has 2 aromatic rings. The number of rotatable bonds is 3. The van der Waals surface area contributed by atoms with E-state index in [0.29, 0.717) is 4.83 Å². The van der Waals surface area contributed by atoms with Crippen LogP contribution in [-0.4, -0.2) is 0 Å². The molecular weight excluding hydrogens is 375 g/mol. The summed E-state index contributed by atoms with van der Waals surface area (Å²) in [5, 5.41) is 0.781. The van der Waals surface area contributed by atoms with Gasteiger partial charge in [-0.25, -0.2) is 0 Å². The van der Waals surface area contributed by atoms with Crippen molar-refractivity contribution in [1.82, 2.24) is 0 Å². The second-order valence-corrected chi connectivity index (χ2v) is 6.76. The lowest BCUT2D eigenvalue weighted by molar-refractivity contribution is 0.937. The lowest BCUT2D eigenvalue weighted by atomic mass is 10.0. The van der Waals surface area contributed by atoms with Crippen molar-refractivity contribution < 1.29 is 0 Å². The first-order chi connectivity index (χ1) is 8.56. The van der Waals surface area contributed by atoms with Crippen LogP contribution in [0.2, 0.25) is 5.02 Å². The van der Waals surface area contributed by atoms with Crippen LogP contribution in [-0.2, 0) is 6.42 Å². The van der Waals surface area contributed by atoms with Gasteiger partial charge in [0, 0.05) is 14.3 Å². The summed E-state index contributed by atoms with van der Waals surface area (Å²) in [6, 6.07) is 14.4. The maximum absolute atomic E-state index is 5.89. The van der Waals surface area contributed by atoms with Crippen LogP contribution in [0.4, 0.5) is 0 Å². The van der Waals surface area contributed by atoms with Crippen molar-refractivity contribution in [3.05, 3.63) is 68.7 Å². The topological polar surface area (TPSA) is 0 Å². The van der Waals surface area contributed by atoms with Gasteiger partial charge < -0.3 is 0 Å². The number of hydrogen-bond acceptors (Lipinski definition) is 0. The number of benzene rings is 2. The van der Waals surface area contributed by atoms with E-state index in [2.05, 4.69) is 69.1 Å². The minimum atomic E-state index is 0.316. The first-order valence-electron chi connectivity index (χ1n) is 5.71. The molecule has 1 atom stereocenters. The molecule has 0 aliphatic heterocycles. The Morgan fingerprint density at radius 3 is 2.44 bits per heavy atom. The molecule has 0 aliphatic carbocycles. The van der Waals surface area contributed by atoms with Crippen molar-refractivity contribution in [3.8, 4) is 0 Å². The SMILES string of the molecule is Cc1ccc(Br)cc1C(Br)Cc1ccc(Cl)cc1. The second kappa shape index (κ2) is 6.23. The molecular formula is C15H13Br2Cl. The summed E-state index contributed by atoms with van der Waals surface area (Å²) in [7, 11) is 0. The van der Waals surface area contributed by atoms with Crippen LogP contribution >= 0.6 is 43.5 Å². The molecule has 18 heavy (non-hydrogen) atoms. The normalized spacial score (nSPS) is 12.4. The lowest BCUT2D eigenvalue weighted by Gasteiger charge is -2.14. The first kappa shape index (κ1) is 14.1. The minimum absolute atomic E-state index is 0.316. The quantitative estimate of drug-likeness (QED) is 0.558. The summed E-state index contributed by atoms with van der Waals surface area (Å²) in [5.41, 5.74) is 3.90. The highest BCUT2D eigenvalue weighted by atomic mass is 79.9. The summed E-state index contributed by atoms with van der Waals surface area (Å²) in [5.74, 6) is 0. The largest absolute Gasteiger partial charge is 0.0843 e. The molecule has 0 fully saturated rings. The summed E-state index contributed by atoms with van der Waals surface area (Å²) in [6.07, 6.45) is 0.953. The standard InChI is InChI=1S/C15H13Br2Cl/c1-10-2-5-12(16)9-14(10)15(17)8-11-3-6-13(18)7-4-11/h2-7,9,15H,8H2,1H3. The van der Waals surface area contributed by atoms with Crippen LogP contribution in [0.25, 0.3) is 0 Å². The monoisotopic (exact) mass is 386 g/mol. The second-order valence-electron chi connectivity index (χ2n) is 4.30. The van der Waals surface area contributed by atoms with E-state index < -0.39 is 0 Å². The zero-order valence-electron chi connectivity index (χ0n) is 9.96. The van der Waals surface area contributed by atoms with E-state index in [1.807, 2.05) is 12.1 Å². The molecule has 0 N–H and O–H groups in total. The lowest BCUT2D eigenvalue weighted by Crippen LogP contribution is -1.98. The molecule has 0 heterocycles. The van der Waals surface area contributed by atoms with E-state index in [9.17, 15) is 0 Å². The van der Waals surface area contributed by atoms with E-state index in [4.69, 9.17) is 11.6 Å². The van der Waals surface area contributed by atoms with E-state index in [-0.39, 0.29) is 0 Å². The Bertz CT molecular complexity index is 535. The number of halogens is 3. The van der Waals surface area contributed by atoms with Gasteiger partial charge in [0.2, 0.25) is 0 Å². The van der Waals surface area contributed by atoms with Crippen molar-refractivity contribution in [2.45, 2.75) is 18.2 Å². The highest BCUT2D eigenvalue weighted by Crippen LogP contribution is 2.31. The van der Waals surface area contributed by atoms with Crippen LogP contribution in [0.1, 0.15) is 21.5 Å². The molecule has 0 saturated heterocycles. The van der Waals surface area contributed by atoms with Gasteiger partial charge in [0.05, 0.1) is 0 Å². The van der Waals surface area contributed by atoms with Crippen molar-refractivity contribution in [2.75, 3.05) is 0 Å². The fourth-order valence-corrected chi connectivity index (χ4v) is 3.26. The average Bonchev–Trinajstić information content (AvgIpc) is 2.35. The summed E-state index contributed by atoms with van der Waals surface area (Å²) in [4.78, 5) is 0.316. The highest BCUT2D eigenvalue weighted by molar-refractivity contribution is 9.10. The molecule has 0 spiro atoms. The van der Waals surface area contributed by atoms with E-state index >= 15 is 0 Å². The average molecular weight is 389 g/mol. The molecule has 0 amide bonds. The summed E-state index contributed by atoms with van der Waals surface area (Å²) in [6.45, 7) is 2.14. The van der Waals surface area contributed by atoms with Gasteiger partial charge >= 0.3 is 0 Å². The molecule has 0 saturated carbocycles. The number of hydrogen-bond donors (Lipinski definition) is 0. The molecule has 0 aromatic heterocycles. The predicted octanol–water partition coefficient (Wildman–Crippen LogP) is 6.09. The minimum Gasteiger partial charge on any atom is -0.0843 e. The van der Waals surface area contributed by atoms with Crippen molar-refractivity contribution in [3.63, 3.8) is 0 Å². The molecule has 94 valence electrons. The molecule has 0 bridgehead atoms. The van der Waals surface area contributed by atoms with E-state index in [1.165, 1.54) is 16.7 Å². The van der Waals surface area contributed by atoms with Gasteiger partial charge in [0.25, 0.3) is 0 Å². The molecule has 0 radical (unpaired) electrons. The summed E-state index contributed by atoms with van der Waals surface area (Å²) >= 11 is 13.2. The molecule has 2 rings (SSSR count). The van der Waals surface area contributed by atoms with Crippen LogP contribution in [0, 0.1) is 6.92 Å². The van der Waals surface area contributed by atoms with E-state index in [1.54, 1.807) is 0 Å². The molecule has 2 aromatic carbocycles. The molecule has 0 nitrogen and oxygen atoms in total. The fraction of sp³-hybridized carbons (Fsp3) is 0.200. The third-order valence-electron chi connectivity index (χ3n) is 2.91. The van der Waals surface area contributed by atoms with Gasteiger partial charge in [0.15, 0.2) is 0 Å². The smallest absolute Gasteiger partial charge is 0.0438 e. The van der Waals surface area contributed by atoms with E-state index in [0.717, 1.165) is 15.9 Å². The van der Waals surface area contributed by atoms with Crippen LogP contribution in [0.3, 0.4) is 0 Å². The Labute approximate surface area is 130 Å². The number of aryl methyl sites for hydroxylation is 1. The summed E-state index contributed by atoms with van der Waals surface area (Å²) < 4.78 is 1.11. The highest BCUT2D eigenvalue weighted by Gasteiger charge is 2.11. The van der Waals surface area contributed by atoms with Crippen molar-refractivity contribution in [1.29, 1.82) is 0 Å². The van der Waals surface area contributed by atoms with Gasteiger partial charge in [-0.1, -0.05) is 61.7 Å².